The predicted octanol–water partition coefficient (Wildman–Crippen LogP) is 7.13. The van der Waals surface area contributed by atoms with Crippen LogP contribution < -0.4 is 0 Å². The van der Waals surface area contributed by atoms with E-state index in [2.05, 4.69) is 0 Å². The van der Waals surface area contributed by atoms with Gasteiger partial charge in [-0.3, -0.25) is 9.59 Å². The summed E-state index contributed by atoms with van der Waals surface area (Å²) in [6.45, 7) is 3.69. The third kappa shape index (κ3) is 3.68. The minimum Gasteiger partial charge on any atom is -0.465 e. The van der Waals surface area contributed by atoms with E-state index in [9.17, 15) is 9.59 Å². The van der Waals surface area contributed by atoms with Crippen LogP contribution in [-0.2, 0) is 30.9 Å². The molecule has 0 heterocycles. The average Bonchev–Trinajstić information content (AvgIpc) is 3.16. The standard InChI is InChI=1S/C30H24Cl2O4/c1-3-35-28(33)30(29(34)36-4-2)24-13-9-8-12-20(24)27-23(14-18-10-6-5-7-11-18)21-15-19(31)16-26(32)22(21)17-25(27)30/h5-13,15-17H,3-4,14H2,1-2H3. The van der Waals surface area contributed by atoms with Gasteiger partial charge < -0.3 is 9.47 Å². The van der Waals surface area contributed by atoms with Crippen molar-refractivity contribution in [2.24, 2.45) is 0 Å². The summed E-state index contributed by atoms with van der Waals surface area (Å²) in [5, 5.41) is 2.52. The highest BCUT2D eigenvalue weighted by Crippen LogP contribution is 2.54. The summed E-state index contributed by atoms with van der Waals surface area (Å²) >= 11 is 13.2. The third-order valence-electron chi connectivity index (χ3n) is 6.67. The molecule has 0 atom stereocenters. The Morgan fingerprint density at radius 2 is 1.42 bits per heavy atom. The van der Waals surface area contributed by atoms with Crippen molar-refractivity contribution < 1.29 is 19.1 Å². The second-order valence-electron chi connectivity index (χ2n) is 8.66. The molecule has 0 radical (unpaired) electrons. The Morgan fingerprint density at radius 1 is 0.778 bits per heavy atom. The average molecular weight is 519 g/mol. The van der Waals surface area contributed by atoms with E-state index in [1.165, 1.54) is 0 Å². The van der Waals surface area contributed by atoms with Gasteiger partial charge in [0, 0.05) is 15.4 Å². The highest BCUT2D eigenvalue weighted by atomic mass is 35.5. The van der Waals surface area contributed by atoms with Gasteiger partial charge in [0.25, 0.3) is 0 Å². The fraction of sp³-hybridized carbons (Fsp3) is 0.200. The van der Waals surface area contributed by atoms with Gasteiger partial charge >= 0.3 is 11.9 Å². The number of fused-ring (bicyclic) bond motifs is 4. The molecule has 4 aromatic carbocycles. The molecule has 0 bridgehead atoms. The molecule has 0 aromatic heterocycles. The number of ether oxygens (including phenoxy) is 2. The zero-order valence-electron chi connectivity index (χ0n) is 19.9. The topological polar surface area (TPSA) is 52.6 Å². The van der Waals surface area contributed by atoms with Crippen molar-refractivity contribution in [3.63, 3.8) is 0 Å². The second-order valence-corrected chi connectivity index (χ2v) is 9.50. The first kappa shape index (κ1) is 24.4. The molecule has 1 aliphatic carbocycles. The molecule has 0 saturated heterocycles. The Morgan fingerprint density at radius 3 is 2.08 bits per heavy atom. The van der Waals surface area contributed by atoms with E-state index in [0.717, 1.165) is 27.6 Å². The van der Waals surface area contributed by atoms with Crippen LogP contribution in [0.25, 0.3) is 21.9 Å². The Hall–Kier alpha value is -3.34. The summed E-state index contributed by atoms with van der Waals surface area (Å²) in [6, 6.07) is 22.8. The van der Waals surface area contributed by atoms with Gasteiger partial charge in [0.1, 0.15) is 0 Å². The summed E-state index contributed by atoms with van der Waals surface area (Å²) in [5.41, 5.74) is 2.90. The van der Waals surface area contributed by atoms with Gasteiger partial charge in [-0.15, -0.1) is 0 Å². The van der Waals surface area contributed by atoms with Crippen molar-refractivity contribution in [2.45, 2.75) is 25.7 Å². The van der Waals surface area contributed by atoms with E-state index in [1.807, 2.05) is 60.7 Å². The van der Waals surface area contributed by atoms with E-state index < -0.39 is 17.4 Å². The zero-order chi connectivity index (χ0) is 25.4. The highest BCUT2D eigenvalue weighted by molar-refractivity contribution is 6.39. The predicted molar refractivity (Wildman–Crippen MR) is 143 cm³/mol. The van der Waals surface area contributed by atoms with Crippen LogP contribution in [0.1, 0.15) is 36.1 Å². The lowest BCUT2D eigenvalue weighted by molar-refractivity contribution is -0.162. The van der Waals surface area contributed by atoms with Crippen LogP contribution in [0.4, 0.5) is 0 Å². The number of carbonyl (C=O) groups excluding carboxylic acids is 2. The molecule has 4 aromatic rings. The molecule has 0 amide bonds. The number of hydrogen-bond acceptors (Lipinski definition) is 4. The number of esters is 2. The van der Waals surface area contributed by atoms with Crippen LogP contribution in [0.3, 0.4) is 0 Å². The quantitative estimate of drug-likeness (QED) is 0.201. The van der Waals surface area contributed by atoms with E-state index in [-0.39, 0.29) is 13.2 Å². The molecule has 0 unspecified atom stereocenters. The van der Waals surface area contributed by atoms with Gasteiger partial charge in [-0.05, 0) is 77.2 Å². The minimum absolute atomic E-state index is 0.123. The first-order chi connectivity index (χ1) is 17.4. The molecule has 36 heavy (non-hydrogen) atoms. The lowest BCUT2D eigenvalue weighted by Gasteiger charge is -2.28. The van der Waals surface area contributed by atoms with E-state index >= 15 is 0 Å². The zero-order valence-corrected chi connectivity index (χ0v) is 21.5. The molecule has 0 N–H and O–H groups in total. The van der Waals surface area contributed by atoms with Gasteiger partial charge in [0.05, 0.1) is 13.2 Å². The van der Waals surface area contributed by atoms with E-state index in [4.69, 9.17) is 32.7 Å². The highest BCUT2D eigenvalue weighted by Gasteiger charge is 2.58. The lowest BCUT2D eigenvalue weighted by atomic mass is 9.76. The Balaban J connectivity index is 1.95. The van der Waals surface area contributed by atoms with Crippen molar-refractivity contribution in [2.75, 3.05) is 13.2 Å². The smallest absolute Gasteiger partial charge is 0.332 e. The second kappa shape index (κ2) is 9.61. The number of rotatable bonds is 6. The molecule has 4 nitrogen and oxygen atoms in total. The Kier molecular flexibility index (Phi) is 6.50. The molecule has 0 fully saturated rings. The van der Waals surface area contributed by atoms with Crippen LogP contribution in [0, 0.1) is 0 Å². The molecular weight excluding hydrogens is 495 g/mol. The van der Waals surface area contributed by atoms with Crippen LogP contribution in [0.5, 0.6) is 0 Å². The minimum atomic E-state index is -1.76. The Bertz CT molecular complexity index is 1480. The molecule has 0 aliphatic heterocycles. The van der Waals surface area contributed by atoms with Crippen LogP contribution >= 0.6 is 23.2 Å². The molecule has 5 rings (SSSR count). The third-order valence-corrected chi connectivity index (χ3v) is 7.20. The normalized spacial score (nSPS) is 13.2. The summed E-state index contributed by atoms with van der Waals surface area (Å²) in [4.78, 5) is 27.6. The molecule has 0 saturated carbocycles. The number of hydrogen-bond donors (Lipinski definition) is 0. The van der Waals surface area contributed by atoms with Gasteiger partial charge in [0.15, 0.2) is 0 Å². The maximum absolute atomic E-state index is 13.8. The van der Waals surface area contributed by atoms with Crippen molar-refractivity contribution >= 4 is 45.9 Å². The van der Waals surface area contributed by atoms with Gasteiger partial charge in [-0.25, -0.2) is 0 Å². The van der Waals surface area contributed by atoms with Crippen molar-refractivity contribution in [3.05, 3.63) is 105 Å². The van der Waals surface area contributed by atoms with Gasteiger partial charge in [-0.2, -0.15) is 0 Å². The molecule has 0 spiro atoms. The van der Waals surface area contributed by atoms with Crippen molar-refractivity contribution in [1.29, 1.82) is 0 Å². The largest absolute Gasteiger partial charge is 0.465 e. The van der Waals surface area contributed by atoms with Crippen LogP contribution in [-0.4, -0.2) is 25.2 Å². The molecular formula is C30H24Cl2O4. The summed E-state index contributed by atoms with van der Waals surface area (Å²) in [6.07, 6.45) is 0.549. The molecule has 182 valence electrons. The van der Waals surface area contributed by atoms with Crippen molar-refractivity contribution in [3.8, 4) is 11.1 Å². The number of benzene rings is 4. The summed E-state index contributed by atoms with van der Waals surface area (Å²) < 4.78 is 11.1. The molecule has 6 heteroatoms. The fourth-order valence-electron chi connectivity index (χ4n) is 5.26. The first-order valence-corrected chi connectivity index (χ1v) is 12.6. The maximum Gasteiger partial charge on any atom is 0.332 e. The Labute approximate surface area is 219 Å². The summed E-state index contributed by atoms with van der Waals surface area (Å²) in [5.74, 6) is -1.32. The lowest BCUT2D eigenvalue weighted by Crippen LogP contribution is -2.45. The SMILES string of the molecule is CCOC(=O)C1(C(=O)OCC)c2ccccc2-c2c1cc1c(Cl)cc(Cl)cc1c2Cc1ccccc1. The van der Waals surface area contributed by atoms with Crippen LogP contribution in [0.15, 0.2) is 72.8 Å². The number of carbonyl (C=O) groups is 2. The van der Waals surface area contributed by atoms with Crippen molar-refractivity contribution in [1.82, 2.24) is 0 Å². The first-order valence-electron chi connectivity index (χ1n) is 11.9. The monoisotopic (exact) mass is 518 g/mol. The summed E-state index contributed by atoms with van der Waals surface area (Å²) in [7, 11) is 0. The molecule has 1 aliphatic rings. The fourth-order valence-corrected chi connectivity index (χ4v) is 5.80. The van der Waals surface area contributed by atoms with Gasteiger partial charge in [0.2, 0.25) is 5.41 Å². The number of halogens is 2. The van der Waals surface area contributed by atoms with E-state index in [0.29, 0.717) is 33.0 Å². The van der Waals surface area contributed by atoms with E-state index in [1.54, 1.807) is 26.0 Å². The van der Waals surface area contributed by atoms with Gasteiger partial charge in [-0.1, -0.05) is 77.8 Å². The van der Waals surface area contributed by atoms with Crippen LogP contribution in [0.2, 0.25) is 10.0 Å². The maximum atomic E-state index is 13.8.